The lowest BCUT2D eigenvalue weighted by atomic mass is 9.98. The normalized spacial score (nSPS) is 11.2. The summed E-state index contributed by atoms with van der Waals surface area (Å²) in [4.78, 5) is 18.2. The molecule has 6 aromatic rings. The number of ether oxygens (including phenoxy) is 1. The van der Waals surface area contributed by atoms with Gasteiger partial charge >= 0.3 is 5.97 Å². The van der Waals surface area contributed by atoms with Crippen molar-refractivity contribution in [1.29, 1.82) is 0 Å². The highest BCUT2D eigenvalue weighted by Gasteiger charge is 2.20. The number of carboxylic acids is 1. The Hall–Kier alpha value is -5.06. The number of carboxylic acid groups (broad SMARTS) is 1. The minimum Gasteiger partial charge on any atom is -0.478 e. The highest BCUT2D eigenvalue weighted by molar-refractivity contribution is 6.33. The summed E-state index contributed by atoms with van der Waals surface area (Å²) in [6.07, 6.45) is 1.89. The lowest BCUT2D eigenvalue weighted by Crippen LogP contribution is -2.09. The SMILES string of the molecule is NCCn1ccc(-c2ccc(-c3ccc(-c4c(F)cc5[nH]c(Oc6ccc(Cl)c(C(=O)O)c6)nc5c4F)cc3)cc2)n1. The fourth-order valence-corrected chi connectivity index (χ4v) is 4.85. The van der Waals surface area contributed by atoms with Crippen molar-refractivity contribution in [3.05, 3.63) is 107 Å². The van der Waals surface area contributed by atoms with Crippen LogP contribution in [0.2, 0.25) is 5.02 Å². The molecule has 6 rings (SSSR count). The molecular weight excluding hydrogens is 564 g/mol. The van der Waals surface area contributed by atoms with Gasteiger partial charge in [0.2, 0.25) is 0 Å². The van der Waals surface area contributed by atoms with Gasteiger partial charge in [-0.1, -0.05) is 60.1 Å². The third-order valence-electron chi connectivity index (χ3n) is 6.72. The van der Waals surface area contributed by atoms with Gasteiger partial charge in [0.05, 0.1) is 33.9 Å². The predicted molar refractivity (Wildman–Crippen MR) is 156 cm³/mol. The Kier molecular flexibility index (Phi) is 7.15. The zero-order valence-corrected chi connectivity index (χ0v) is 22.6. The van der Waals surface area contributed by atoms with E-state index in [0.29, 0.717) is 18.7 Å². The molecular formula is C31H22ClF2N5O3. The summed E-state index contributed by atoms with van der Waals surface area (Å²) in [5.41, 5.74) is 9.12. The summed E-state index contributed by atoms with van der Waals surface area (Å²) < 4.78 is 38.1. The van der Waals surface area contributed by atoms with Crippen molar-refractivity contribution in [2.24, 2.45) is 5.73 Å². The number of aromatic carboxylic acids is 1. The van der Waals surface area contributed by atoms with Gasteiger partial charge < -0.3 is 20.6 Å². The molecule has 0 radical (unpaired) electrons. The number of hydrogen-bond donors (Lipinski definition) is 3. The van der Waals surface area contributed by atoms with E-state index in [1.807, 2.05) is 36.5 Å². The Balaban J connectivity index is 1.25. The number of carbonyl (C=O) groups is 1. The van der Waals surface area contributed by atoms with Gasteiger partial charge in [-0.3, -0.25) is 4.68 Å². The number of rotatable bonds is 8. The maximum Gasteiger partial charge on any atom is 0.337 e. The molecule has 0 aliphatic carbocycles. The zero-order valence-electron chi connectivity index (χ0n) is 21.8. The van der Waals surface area contributed by atoms with Crippen LogP contribution in [0.15, 0.2) is 85.1 Å². The zero-order chi connectivity index (χ0) is 29.4. The van der Waals surface area contributed by atoms with E-state index in [-0.39, 0.29) is 38.9 Å². The number of hydrogen-bond acceptors (Lipinski definition) is 5. The maximum absolute atomic E-state index is 15.6. The second kappa shape index (κ2) is 11.1. The van der Waals surface area contributed by atoms with Gasteiger partial charge in [0.15, 0.2) is 5.82 Å². The predicted octanol–water partition coefficient (Wildman–Crippen LogP) is 7.14. The lowest BCUT2D eigenvalue weighted by Gasteiger charge is -2.08. The third-order valence-corrected chi connectivity index (χ3v) is 7.05. The lowest BCUT2D eigenvalue weighted by molar-refractivity contribution is 0.0696. The fraction of sp³-hybridized carbons (Fsp3) is 0.0645. The first-order valence-electron chi connectivity index (χ1n) is 12.8. The first kappa shape index (κ1) is 27.1. The largest absolute Gasteiger partial charge is 0.478 e. The molecule has 0 aliphatic heterocycles. The van der Waals surface area contributed by atoms with Crippen LogP contribution in [0.25, 0.3) is 44.5 Å². The number of aromatic nitrogens is 4. The molecule has 0 bridgehead atoms. The van der Waals surface area contributed by atoms with Crippen LogP contribution < -0.4 is 10.5 Å². The van der Waals surface area contributed by atoms with Gasteiger partial charge in [-0.25, -0.2) is 13.6 Å². The van der Waals surface area contributed by atoms with Crippen molar-refractivity contribution in [2.45, 2.75) is 6.54 Å². The highest BCUT2D eigenvalue weighted by atomic mass is 35.5. The summed E-state index contributed by atoms with van der Waals surface area (Å²) in [5.74, 6) is -2.75. The molecule has 42 heavy (non-hydrogen) atoms. The van der Waals surface area contributed by atoms with Crippen molar-refractivity contribution < 1.29 is 23.4 Å². The molecule has 0 aliphatic rings. The molecule has 210 valence electrons. The minimum atomic E-state index is -1.23. The van der Waals surface area contributed by atoms with E-state index in [1.165, 1.54) is 18.2 Å². The van der Waals surface area contributed by atoms with Gasteiger partial charge in [-0.2, -0.15) is 10.1 Å². The molecule has 8 nitrogen and oxygen atoms in total. The van der Waals surface area contributed by atoms with E-state index in [4.69, 9.17) is 22.1 Å². The third kappa shape index (κ3) is 5.20. The topological polar surface area (TPSA) is 119 Å². The van der Waals surface area contributed by atoms with Crippen molar-refractivity contribution in [2.75, 3.05) is 6.54 Å². The highest BCUT2D eigenvalue weighted by Crippen LogP contribution is 2.34. The van der Waals surface area contributed by atoms with E-state index < -0.39 is 17.6 Å². The Bertz CT molecular complexity index is 1940. The molecule has 0 saturated carbocycles. The van der Waals surface area contributed by atoms with E-state index in [1.54, 1.807) is 28.9 Å². The van der Waals surface area contributed by atoms with Crippen molar-refractivity contribution >= 4 is 28.6 Å². The molecule has 4 N–H and O–H groups in total. The van der Waals surface area contributed by atoms with Crippen LogP contribution in [0.1, 0.15) is 10.4 Å². The summed E-state index contributed by atoms with van der Waals surface area (Å²) in [6, 6.07) is 21.7. The van der Waals surface area contributed by atoms with Crippen LogP contribution in [0, 0.1) is 11.6 Å². The Morgan fingerprint density at radius 2 is 1.62 bits per heavy atom. The van der Waals surface area contributed by atoms with E-state index >= 15 is 8.78 Å². The Morgan fingerprint density at radius 1 is 0.952 bits per heavy atom. The average Bonchev–Trinajstić information content (AvgIpc) is 3.62. The quantitative estimate of drug-likeness (QED) is 0.175. The Morgan fingerprint density at radius 3 is 2.29 bits per heavy atom. The number of benzene rings is 4. The molecule has 2 aromatic heterocycles. The first-order valence-corrected chi connectivity index (χ1v) is 13.2. The number of H-pyrrole nitrogens is 1. The van der Waals surface area contributed by atoms with Gasteiger partial charge in [0.1, 0.15) is 17.1 Å². The molecule has 0 atom stereocenters. The van der Waals surface area contributed by atoms with Crippen LogP contribution >= 0.6 is 11.6 Å². The number of nitrogens with one attached hydrogen (secondary N) is 1. The summed E-state index contributed by atoms with van der Waals surface area (Å²) in [5, 5.41) is 13.8. The smallest absolute Gasteiger partial charge is 0.337 e. The van der Waals surface area contributed by atoms with E-state index in [2.05, 4.69) is 15.1 Å². The van der Waals surface area contributed by atoms with Crippen LogP contribution in [0.4, 0.5) is 8.78 Å². The monoisotopic (exact) mass is 585 g/mol. The summed E-state index contributed by atoms with van der Waals surface area (Å²) >= 11 is 5.90. The number of nitrogens with zero attached hydrogens (tertiary/aromatic N) is 3. The van der Waals surface area contributed by atoms with Crippen molar-refractivity contribution in [1.82, 2.24) is 19.7 Å². The number of nitrogens with two attached hydrogens (primary N) is 1. The first-order chi connectivity index (χ1) is 20.3. The van der Waals surface area contributed by atoms with Crippen LogP contribution in [-0.2, 0) is 6.54 Å². The van der Waals surface area contributed by atoms with Crippen LogP contribution in [-0.4, -0.2) is 37.4 Å². The summed E-state index contributed by atoms with van der Waals surface area (Å²) in [6.45, 7) is 1.16. The van der Waals surface area contributed by atoms with Gasteiger partial charge in [-0.05, 0) is 41.0 Å². The molecule has 2 heterocycles. The van der Waals surface area contributed by atoms with Gasteiger partial charge in [0, 0.05) is 24.4 Å². The van der Waals surface area contributed by atoms with Crippen LogP contribution in [0.3, 0.4) is 0 Å². The van der Waals surface area contributed by atoms with Gasteiger partial charge in [0.25, 0.3) is 6.01 Å². The van der Waals surface area contributed by atoms with Crippen molar-refractivity contribution in [3.8, 4) is 45.3 Å². The second-order valence-electron chi connectivity index (χ2n) is 9.44. The van der Waals surface area contributed by atoms with E-state index in [0.717, 1.165) is 28.5 Å². The number of imidazole rings is 1. The van der Waals surface area contributed by atoms with E-state index in [9.17, 15) is 9.90 Å². The molecule has 0 unspecified atom stereocenters. The Labute approximate surface area is 243 Å². The second-order valence-corrected chi connectivity index (χ2v) is 9.85. The van der Waals surface area contributed by atoms with Crippen LogP contribution in [0.5, 0.6) is 11.8 Å². The molecule has 0 spiro atoms. The minimum absolute atomic E-state index is 0.0341. The number of fused-ring (bicyclic) bond motifs is 1. The standard InChI is InChI=1S/C31H22ClF2N5O3/c32-23-10-9-21(15-22(23)30(40)41)42-31-36-26-16-24(33)27(28(34)29(26)37-31)20-7-3-18(4-8-20)17-1-5-19(6-2-17)25-11-13-39(38-25)14-12-35/h1-11,13,15-16H,12,14,35H2,(H,36,37)(H,40,41). The molecule has 11 heteroatoms. The molecule has 0 amide bonds. The van der Waals surface area contributed by atoms with Gasteiger partial charge in [-0.15, -0.1) is 0 Å². The fourth-order valence-electron chi connectivity index (χ4n) is 4.65. The maximum atomic E-state index is 15.6. The average molecular weight is 586 g/mol. The number of halogens is 3. The molecule has 4 aromatic carbocycles. The molecule has 0 saturated heterocycles. The molecule has 0 fully saturated rings. The summed E-state index contributed by atoms with van der Waals surface area (Å²) in [7, 11) is 0. The number of aromatic amines is 1. The van der Waals surface area contributed by atoms with Crippen molar-refractivity contribution in [3.63, 3.8) is 0 Å².